The molecule has 3 heterocycles. The van der Waals surface area contributed by atoms with Crippen LogP contribution >= 0.6 is 11.3 Å². The number of nitrogens with two attached hydrogens (primary N) is 1. The Morgan fingerprint density at radius 3 is 2.95 bits per heavy atom. The highest BCUT2D eigenvalue weighted by Crippen LogP contribution is 2.29. The van der Waals surface area contributed by atoms with Gasteiger partial charge in [0, 0.05) is 31.2 Å². The first-order valence-corrected chi connectivity index (χ1v) is 8.15. The largest absolute Gasteiger partial charge is 0.381 e. The van der Waals surface area contributed by atoms with Gasteiger partial charge in [-0.05, 0) is 23.4 Å². The van der Waals surface area contributed by atoms with E-state index >= 15 is 0 Å². The zero-order valence-corrected chi connectivity index (χ0v) is 12.0. The maximum atomic E-state index is 12.5. The van der Waals surface area contributed by atoms with Crippen LogP contribution in [0.1, 0.15) is 10.4 Å². The Morgan fingerprint density at radius 2 is 2.26 bits per heavy atom. The number of nitrogens with zero attached hydrogens (tertiary/aromatic N) is 3. The summed E-state index contributed by atoms with van der Waals surface area (Å²) in [5.74, 6) is 0.0543. The Balaban J connectivity index is 1.96. The van der Waals surface area contributed by atoms with Crippen LogP contribution in [0.5, 0.6) is 0 Å². The molecule has 1 aliphatic rings. The van der Waals surface area contributed by atoms with Gasteiger partial charge in [0.15, 0.2) is 5.82 Å². The highest BCUT2D eigenvalue weighted by atomic mass is 32.2. The number of thiophene rings is 1. The second-order valence-corrected chi connectivity index (χ2v) is 7.42. The quantitative estimate of drug-likeness (QED) is 0.889. The first-order chi connectivity index (χ1) is 8.98. The van der Waals surface area contributed by atoms with Crippen LogP contribution in [0.25, 0.3) is 0 Å². The summed E-state index contributed by atoms with van der Waals surface area (Å²) < 4.78 is 28.0. The Morgan fingerprint density at radius 1 is 1.47 bits per heavy atom. The van der Waals surface area contributed by atoms with Crippen molar-refractivity contribution in [1.29, 1.82) is 0 Å². The van der Waals surface area contributed by atoms with Gasteiger partial charge in [-0.15, -0.1) is 11.3 Å². The molecule has 0 amide bonds. The number of hydrogen-bond donors (Lipinski definition) is 1. The molecule has 0 fully saturated rings. The number of nitrogen functional groups attached to an aromatic ring is 1. The SMILES string of the molecule is Cn1cc(S(=O)(=O)N2CCc3sccc3C2)c(N)n1. The predicted octanol–water partition coefficient (Wildman–Crippen LogP) is 0.811. The van der Waals surface area contributed by atoms with Crippen LogP contribution in [0.15, 0.2) is 22.5 Å². The van der Waals surface area contributed by atoms with Gasteiger partial charge in [-0.3, -0.25) is 4.68 Å². The molecule has 0 aromatic carbocycles. The zero-order chi connectivity index (χ0) is 13.6. The summed E-state index contributed by atoms with van der Waals surface area (Å²) in [6, 6.07) is 1.98. The van der Waals surface area contributed by atoms with Gasteiger partial charge in [0.05, 0.1) is 0 Å². The summed E-state index contributed by atoms with van der Waals surface area (Å²) in [5, 5.41) is 5.90. The molecule has 0 radical (unpaired) electrons. The van der Waals surface area contributed by atoms with E-state index in [0.29, 0.717) is 13.1 Å². The van der Waals surface area contributed by atoms with Crippen molar-refractivity contribution in [2.24, 2.45) is 7.05 Å². The summed E-state index contributed by atoms with van der Waals surface area (Å²) in [6.07, 6.45) is 2.21. The lowest BCUT2D eigenvalue weighted by Gasteiger charge is -2.25. The monoisotopic (exact) mass is 298 g/mol. The van der Waals surface area contributed by atoms with Crippen molar-refractivity contribution in [2.45, 2.75) is 17.9 Å². The summed E-state index contributed by atoms with van der Waals surface area (Å²) in [5.41, 5.74) is 6.76. The number of anilines is 1. The van der Waals surface area contributed by atoms with Gasteiger partial charge in [0.1, 0.15) is 4.90 Å². The fraction of sp³-hybridized carbons (Fsp3) is 0.364. The molecule has 1 aliphatic heterocycles. The first kappa shape index (κ1) is 12.6. The highest BCUT2D eigenvalue weighted by molar-refractivity contribution is 7.89. The lowest BCUT2D eigenvalue weighted by Crippen LogP contribution is -2.35. The number of fused-ring (bicyclic) bond motifs is 1. The topological polar surface area (TPSA) is 81.2 Å². The maximum absolute atomic E-state index is 12.5. The van der Waals surface area contributed by atoms with Gasteiger partial charge in [-0.2, -0.15) is 9.40 Å². The van der Waals surface area contributed by atoms with E-state index in [1.807, 2.05) is 11.4 Å². The molecule has 0 atom stereocenters. The van der Waals surface area contributed by atoms with Crippen molar-refractivity contribution < 1.29 is 8.42 Å². The lowest BCUT2D eigenvalue weighted by molar-refractivity contribution is 0.394. The average molecular weight is 298 g/mol. The second kappa shape index (κ2) is 4.32. The molecule has 102 valence electrons. The van der Waals surface area contributed by atoms with E-state index in [2.05, 4.69) is 5.10 Å². The van der Waals surface area contributed by atoms with Gasteiger partial charge in [0.2, 0.25) is 10.0 Å². The Kier molecular flexibility index (Phi) is 2.88. The molecule has 2 aromatic rings. The fourth-order valence-electron chi connectivity index (χ4n) is 2.25. The van der Waals surface area contributed by atoms with Crippen molar-refractivity contribution in [1.82, 2.24) is 14.1 Å². The molecule has 0 saturated heterocycles. The van der Waals surface area contributed by atoms with Crippen molar-refractivity contribution in [2.75, 3.05) is 12.3 Å². The molecule has 8 heteroatoms. The molecule has 0 unspecified atom stereocenters. The first-order valence-electron chi connectivity index (χ1n) is 5.83. The maximum Gasteiger partial charge on any atom is 0.248 e. The van der Waals surface area contributed by atoms with E-state index in [1.165, 1.54) is 20.1 Å². The standard InChI is InChI=1S/C11H14N4O2S2/c1-14-7-10(11(12)13-14)19(16,17)15-4-2-9-8(6-15)3-5-18-9/h3,5,7H,2,4,6H2,1H3,(H2,12,13). The van der Waals surface area contributed by atoms with Gasteiger partial charge in [-0.25, -0.2) is 8.42 Å². The molecule has 2 aromatic heterocycles. The third kappa shape index (κ3) is 2.05. The van der Waals surface area contributed by atoms with Crippen molar-refractivity contribution in [3.63, 3.8) is 0 Å². The molecule has 6 nitrogen and oxygen atoms in total. The molecular formula is C11H14N4O2S2. The zero-order valence-electron chi connectivity index (χ0n) is 10.4. The van der Waals surface area contributed by atoms with Gasteiger partial charge in [0.25, 0.3) is 0 Å². The second-order valence-electron chi connectivity index (χ2n) is 4.51. The summed E-state index contributed by atoms with van der Waals surface area (Å²) in [7, 11) is -1.91. The molecule has 0 spiro atoms. The van der Waals surface area contributed by atoms with E-state index in [1.54, 1.807) is 18.4 Å². The normalized spacial score (nSPS) is 16.5. The van der Waals surface area contributed by atoms with Crippen LogP contribution in [0.3, 0.4) is 0 Å². The number of aryl methyl sites for hydroxylation is 1. The van der Waals surface area contributed by atoms with Crippen LogP contribution < -0.4 is 5.73 Å². The summed E-state index contributed by atoms with van der Waals surface area (Å²) in [4.78, 5) is 1.36. The van der Waals surface area contributed by atoms with Crippen molar-refractivity contribution >= 4 is 27.2 Å². The van der Waals surface area contributed by atoms with Crippen LogP contribution in [-0.2, 0) is 30.0 Å². The smallest absolute Gasteiger partial charge is 0.248 e. The summed E-state index contributed by atoms with van der Waals surface area (Å²) in [6.45, 7) is 0.902. The van der Waals surface area contributed by atoms with Crippen molar-refractivity contribution in [3.8, 4) is 0 Å². The number of sulfonamides is 1. The molecule has 0 aliphatic carbocycles. The third-order valence-corrected chi connectivity index (χ3v) is 6.10. The number of rotatable bonds is 2. The van der Waals surface area contributed by atoms with Crippen LogP contribution in [0, 0.1) is 0 Å². The molecule has 19 heavy (non-hydrogen) atoms. The van der Waals surface area contributed by atoms with E-state index < -0.39 is 10.0 Å². The minimum atomic E-state index is -3.56. The third-order valence-electron chi connectivity index (χ3n) is 3.21. The van der Waals surface area contributed by atoms with E-state index in [-0.39, 0.29) is 10.7 Å². The van der Waals surface area contributed by atoms with Gasteiger partial charge >= 0.3 is 0 Å². The highest BCUT2D eigenvalue weighted by Gasteiger charge is 2.31. The molecule has 3 rings (SSSR count). The van der Waals surface area contributed by atoms with Gasteiger partial charge < -0.3 is 5.73 Å². The lowest BCUT2D eigenvalue weighted by atomic mass is 10.1. The molecule has 2 N–H and O–H groups in total. The Labute approximate surface area is 115 Å². The number of hydrogen-bond acceptors (Lipinski definition) is 5. The van der Waals surface area contributed by atoms with Crippen LogP contribution in [0.2, 0.25) is 0 Å². The Hall–Kier alpha value is -1.38. The minimum absolute atomic E-state index is 0.0543. The number of aromatic nitrogens is 2. The van der Waals surface area contributed by atoms with Crippen LogP contribution in [0.4, 0.5) is 5.82 Å². The van der Waals surface area contributed by atoms with Crippen LogP contribution in [-0.4, -0.2) is 29.0 Å². The average Bonchev–Trinajstić information content (AvgIpc) is 2.94. The van der Waals surface area contributed by atoms with E-state index in [0.717, 1.165) is 12.0 Å². The van der Waals surface area contributed by atoms with Gasteiger partial charge in [-0.1, -0.05) is 0 Å². The Bertz CT molecular complexity index is 717. The molecular weight excluding hydrogens is 284 g/mol. The minimum Gasteiger partial charge on any atom is -0.381 e. The van der Waals surface area contributed by atoms with Crippen molar-refractivity contribution in [3.05, 3.63) is 28.1 Å². The summed E-state index contributed by atoms with van der Waals surface area (Å²) >= 11 is 1.68. The fourth-order valence-corrected chi connectivity index (χ4v) is 4.65. The molecule has 0 saturated carbocycles. The van der Waals surface area contributed by atoms with E-state index in [4.69, 9.17) is 5.73 Å². The van der Waals surface area contributed by atoms with E-state index in [9.17, 15) is 8.42 Å². The predicted molar refractivity (Wildman–Crippen MR) is 73.2 cm³/mol. The molecule has 0 bridgehead atoms.